The van der Waals surface area contributed by atoms with E-state index in [0.717, 1.165) is 17.0 Å². The number of rotatable bonds is 4. The molecule has 0 bridgehead atoms. The van der Waals surface area contributed by atoms with Gasteiger partial charge in [0.15, 0.2) is 0 Å². The number of anilines is 1. The molecule has 0 amide bonds. The van der Waals surface area contributed by atoms with E-state index in [-0.39, 0.29) is 6.04 Å². The normalized spacial score (nSPS) is 23.6. The number of hydrogen-bond donors (Lipinski definition) is 1. The molecule has 0 spiro atoms. The Hall–Kier alpha value is -2.47. The summed E-state index contributed by atoms with van der Waals surface area (Å²) in [5, 5.41) is 3.25. The second kappa shape index (κ2) is 6.06. The molecule has 134 valence electrons. The first-order valence-corrected chi connectivity index (χ1v) is 9.21. The summed E-state index contributed by atoms with van der Waals surface area (Å²) in [6.45, 7) is 1.15. The van der Waals surface area contributed by atoms with Gasteiger partial charge in [0, 0.05) is 19.3 Å². The fourth-order valence-corrected chi connectivity index (χ4v) is 3.79. The number of likely N-dealkylation sites (tertiary alicyclic amines) is 1. The van der Waals surface area contributed by atoms with Gasteiger partial charge in [-0.25, -0.2) is 14.4 Å². The van der Waals surface area contributed by atoms with Gasteiger partial charge in [-0.05, 0) is 55.6 Å². The van der Waals surface area contributed by atoms with E-state index < -0.39 is 6.17 Å². The fourth-order valence-electron chi connectivity index (χ4n) is 3.79. The molecule has 1 aliphatic heterocycles. The molecule has 5 nitrogen and oxygen atoms in total. The Morgan fingerprint density at radius 3 is 2.85 bits per heavy atom. The summed E-state index contributed by atoms with van der Waals surface area (Å²) >= 11 is 0. The first kappa shape index (κ1) is 15.8. The number of hydrogen-bond acceptors (Lipinski definition) is 4. The van der Waals surface area contributed by atoms with Crippen LogP contribution in [0.15, 0.2) is 42.7 Å². The van der Waals surface area contributed by atoms with Crippen LogP contribution in [0.1, 0.15) is 24.3 Å². The minimum Gasteiger partial charge on any atom is -0.363 e. The highest BCUT2D eigenvalue weighted by molar-refractivity contribution is 5.62. The summed E-state index contributed by atoms with van der Waals surface area (Å²) in [6.07, 6.45) is 5.63. The van der Waals surface area contributed by atoms with Crippen molar-refractivity contribution in [3.63, 3.8) is 0 Å². The van der Waals surface area contributed by atoms with Gasteiger partial charge in [0.05, 0.1) is 23.6 Å². The number of halogens is 1. The molecule has 3 aromatic rings. The number of nitrogens with zero attached hydrogens (tertiary/aromatic N) is 4. The van der Waals surface area contributed by atoms with Crippen molar-refractivity contribution in [1.29, 1.82) is 0 Å². The number of imidazole rings is 1. The summed E-state index contributed by atoms with van der Waals surface area (Å²) in [5.74, 6) is 1.42. The van der Waals surface area contributed by atoms with Crippen molar-refractivity contribution in [2.75, 3.05) is 25.5 Å². The van der Waals surface area contributed by atoms with Crippen molar-refractivity contribution in [3.05, 3.63) is 48.3 Å². The van der Waals surface area contributed by atoms with E-state index in [1.54, 1.807) is 0 Å². The van der Waals surface area contributed by atoms with Gasteiger partial charge in [0.1, 0.15) is 17.6 Å². The maximum absolute atomic E-state index is 14.1. The van der Waals surface area contributed by atoms with Gasteiger partial charge in [-0.2, -0.15) is 0 Å². The van der Waals surface area contributed by atoms with Crippen molar-refractivity contribution < 1.29 is 4.39 Å². The molecule has 5 rings (SSSR count). The monoisotopic (exact) mass is 351 g/mol. The van der Waals surface area contributed by atoms with Gasteiger partial charge in [0.2, 0.25) is 0 Å². The Kier molecular flexibility index (Phi) is 3.67. The van der Waals surface area contributed by atoms with Gasteiger partial charge >= 0.3 is 0 Å². The predicted octanol–water partition coefficient (Wildman–Crippen LogP) is 3.34. The smallest absolute Gasteiger partial charge is 0.137 e. The summed E-state index contributed by atoms with van der Waals surface area (Å²) in [5.41, 5.74) is 4.11. The van der Waals surface area contributed by atoms with Gasteiger partial charge < -0.3 is 10.2 Å². The van der Waals surface area contributed by atoms with E-state index in [0.29, 0.717) is 24.8 Å². The molecule has 1 saturated carbocycles. The second-order valence-electron chi connectivity index (χ2n) is 7.50. The van der Waals surface area contributed by atoms with Crippen molar-refractivity contribution >= 4 is 11.5 Å². The molecule has 2 atom stereocenters. The van der Waals surface area contributed by atoms with E-state index in [1.807, 2.05) is 36.3 Å². The third-order valence-electron chi connectivity index (χ3n) is 5.36. The molecule has 6 heteroatoms. The van der Waals surface area contributed by atoms with Crippen molar-refractivity contribution in [2.45, 2.75) is 31.0 Å². The topological polar surface area (TPSA) is 45.5 Å². The average Bonchev–Trinajstić information content (AvgIpc) is 3.32. The SMILES string of the molecule is CN1C[C@H](Nc2cccc(-c3cnc4cc(C5CC5)ccn34)n2)[C@@H](F)C1. The highest BCUT2D eigenvalue weighted by Crippen LogP contribution is 2.40. The van der Waals surface area contributed by atoms with E-state index in [2.05, 4.69) is 33.0 Å². The van der Waals surface area contributed by atoms with E-state index in [1.165, 1.54) is 18.4 Å². The Bertz CT molecular complexity index is 948. The van der Waals surface area contributed by atoms with Crippen LogP contribution in [0.25, 0.3) is 17.0 Å². The molecule has 0 aromatic carbocycles. The summed E-state index contributed by atoms with van der Waals surface area (Å²) in [6, 6.07) is 9.95. The second-order valence-corrected chi connectivity index (χ2v) is 7.50. The number of fused-ring (bicyclic) bond motifs is 1. The molecular weight excluding hydrogens is 329 g/mol. The third kappa shape index (κ3) is 2.84. The number of aromatic nitrogens is 3. The van der Waals surface area contributed by atoms with Crippen LogP contribution in [0.4, 0.5) is 10.2 Å². The first-order chi connectivity index (χ1) is 12.7. The van der Waals surface area contributed by atoms with Crippen LogP contribution in [0.3, 0.4) is 0 Å². The number of pyridine rings is 2. The molecule has 1 saturated heterocycles. The van der Waals surface area contributed by atoms with E-state index in [9.17, 15) is 4.39 Å². The summed E-state index contributed by atoms with van der Waals surface area (Å²) < 4.78 is 16.1. The van der Waals surface area contributed by atoms with Crippen LogP contribution in [0.2, 0.25) is 0 Å². The third-order valence-corrected chi connectivity index (χ3v) is 5.36. The van der Waals surface area contributed by atoms with Crippen LogP contribution in [-0.2, 0) is 0 Å². The molecule has 1 aliphatic carbocycles. The number of nitrogens with one attached hydrogen (secondary N) is 1. The van der Waals surface area contributed by atoms with Gasteiger partial charge in [-0.1, -0.05) is 6.07 Å². The molecule has 4 heterocycles. The Labute approximate surface area is 151 Å². The molecule has 3 aromatic heterocycles. The molecule has 26 heavy (non-hydrogen) atoms. The standard InChI is InChI=1S/C20H22FN5/c1-25-11-15(21)17(12-25)24-19-4-2-3-16(23-19)18-10-22-20-9-14(13-5-6-13)7-8-26(18)20/h2-4,7-10,13,15,17H,5-6,11-12H2,1H3,(H,23,24)/t15-,17-/m0/s1. The zero-order valence-electron chi connectivity index (χ0n) is 14.8. The van der Waals surface area contributed by atoms with Crippen molar-refractivity contribution in [1.82, 2.24) is 19.3 Å². The first-order valence-electron chi connectivity index (χ1n) is 9.21. The lowest BCUT2D eigenvalue weighted by Gasteiger charge is -2.15. The van der Waals surface area contributed by atoms with Crippen LogP contribution < -0.4 is 5.32 Å². The number of likely N-dealkylation sites (N-methyl/N-ethyl adjacent to an activating group) is 1. The quantitative estimate of drug-likeness (QED) is 0.783. The van der Waals surface area contributed by atoms with Crippen LogP contribution in [0, 0.1) is 0 Å². The zero-order chi connectivity index (χ0) is 17.7. The Morgan fingerprint density at radius 2 is 2.08 bits per heavy atom. The average molecular weight is 351 g/mol. The summed E-state index contributed by atoms with van der Waals surface area (Å²) in [4.78, 5) is 11.3. The minimum absolute atomic E-state index is 0.217. The van der Waals surface area contributed by atoms with Crippen LogP contribution in [-0.4, -0.2) is 51.6 Å². The molecule has 2 aliphatic rings. The lowest BCUT2D eigenvalue weighted by Crippen LogP contribution is -2.29. The summed E-state index contributed by atoms with van der Waals surface area (Å²) in [7, 11) is 1.94. The molecule has 0 unspecified atom stereocenters. The number of alkyl halides is 1. The van der Waals surface area contributed by atoms with Crippen molar-refractivity contribution in [2.24, 2.45) is 0 Å². The lowest BCUT2D eigenvalue weighted by atomic mass is 10.2. The van der Waals surface area contributed by atoms with E-state index >= 15 is 0 Å². The highest BCUT2D eigenvalue weighted by atomic mass is 19.1. The van der Waals surface area contributed by atoms with Crippen molar-refractivity contribution in [3.8, 4) is 11.4 Å². The zero-order valence-corrected chi connectivity index (χ0v) is 14.8. The lowest BCUT2D eigenvalue weighted by molar-refractivity contribution is 0.314. The fraction of sp³-hybridized carbons (Fsp3) is 0.400. The highest BCUT2D eigenvalue weighted by Gasteiger charge is 2.30. The van der Waals surface area contributed by atoms with Crippen LogP contribution in [0.5, 0.6) is 0 Å². The maximum atomic E-state index is 14.1. The van der Waals surface area contributed by atoms with Gasteiger partial charge in [0.25, 0.3) is 0 Å². The predicted molar refractivity (Wildman–Crippen MR) is 100 cm³/mol. The van der Waals surface area contributed by atoms with Gasteiger partial charge in [-0.15, -0.1) is 0 Å². The molecular formula is C20H22FN5. The van der Waals surface area contributed by atoms with E-state index in [4.69, 9.17) is 4.98 Å². The maximum Gasteiger partial charge on any atom is 0.137 e. The largest absolute Gasteiger partial charge is 0.363 e. The Balaban J connectivity index is 1.44. The Morgan fingerprint density at radius 1 is 1.19 bits per heavy atom. The van der Waals surface area contributed by atoms with Crippen LogP contribution >= 0.6 is 0 Å². The minimum atomic E-state index is -0.873. The van der Waals surface area contributed by atoms with Gasteiger partial charge in [-0.3, -0.25) is 4.40 Å². The molecule has 1 N–H and O–H groups in total. The molecule has 0 radical (unpaired) electrons. The molecule has 2 fully saturated rings.